The molecule has 6 aromatic carbocycles. The van der Waals surface area contributed by atoms with Crippen LogP contribution in [-0.4, -0.2) is 153 Å². The lowest BCUT2D eigenvalue weighted by Gasteiger charge is -2.21. The van der Waals surface area contributed by atoms with Crippen molar-refractivity contribution < 1.29 is 72.4 Å². The van der Waals surface area contributed by atoms with Gasteiger partial charge in [-0.05, 0) is 120 Å². The number of H-pyrrole nitrogens is 4. The number of hydrogen-bond donors (Lipinski definition) is 14. The number of fused-ring (bicyclic) bond motifs is 4. The van der Waals surface area contributed by atoms with Gasteiger partial charge in [-0.15, -0.1) is 0 Å². The molecule has 4 atom stereocenters. The molecule has 0 fully saturated rings. The fraction of sp³-hybridized carbons (Fsp3) is 0.400. The second-order valence-electron chi connectivity index (χ2n) is 30.5. The zero-order valence-corrected chi connectivity index (χ0v) is 67.1. The first-order chi connectivity index (χ1) is 56.6. The number of nitrogens with one attached hydrogen (secondary N) is 12. The third-order valence-electron chi connectivity index (χ3n) is 20.5. The summed E-state index contributed by atoms with van der Waals surface area (Å²) in [5, 5.41) is 46.1. The Morgan fingerprint density at radius 2 is 0.718 bits per heavy atom. The predicted octanol–water partition coefficient (Wildman–Crippen LogP) is 13.1. The number of hydrogen-bond acceptors (Lipinski definition) is 13. The Hall–Kier alpha value is -12.3. The van der Waals surface area contributed by atoms with Crippen molar-refractivity contribution in [2.45, 2.75) is 180 Å². The molecule has 0 spiro atoms. The maximum absolute atomic E-state index is 14.5. The van der Waals surface area contributed by atoms with E-state index in [-0.39, 0.29) is 129 Å². The highest BCUT2D eigenvalue weighted by molar-refractivity contribution is 6.03. The van der Waals surface area contributed by atoms with Crippen molar-refractivity contribution in [2.75, 3.05) is 50.2 Å². The summed E-state index contributed by atoms with van der Waals surface area (Å²) in [4.78, 5) is 147. The first-order valence-corrected chi connectivity index (χ1v) is 40.8. The molecule has 0 saturated carbocycles. The van der Waals surface area contributed by atoms with E-state index in [0.717, 1.165) is 130 Å². The van der Waals surface area contributed by atoms with E-state index in [9.17, 15) is 58.2 Å². The van der Waals surface area contributed by atoms with Crippen LogP contribution < -0.4 is 52.0 Å². The van der Waals surface area contributed by atoms with Gasteiger partial charge in [-0.2, -0.15) is 0 Å². The van der Waals surface area contributed by atoms with E-state index in [0.29, 0.717) is 32.6 Å². The van der Waals surface area contributed by atoms with Gasteiger partial charge in [0.15, 0.2) is 0 Å². The predicted molar refractivity (Wildman–Crippen MR) is 451 cm³/mol. The van der Waals surface area contributed by atoms with Crippen LogP contribution in [0.5, 0.6) is 11.5 Å². The van der Waals surface area contributed by atoms with Gasteiger partial charge in [0.05, 0.1) is 31.2 Å². The summed E-state index contributed by atoms with van der Waals surface area (Å²) in [6.45, 7) is 9.37. The number of aromatic amines is 4. The first kappa shape index (κ1) is 87.1. The van der Waals surface area contributed by atoms with Crippen LogP contribution >= 0.6 is 0 Å². The third kappa shape index (κ3) is 26.9. The summed E-state index contributed by atoms with van der Waals surface area (Å²) < 4.78 is 18.4. The molecule has 8 amide bonds. The van der Waals surface area contributed by atoms with Gasteiger partial charge in [-0.3, -0.25) is 38.4 Å². The minimum atomic E-state index is -1.16. The number of ether oxygens (including phenoxy) is 3. The Labute approximate surface area is 680 Å². The number of aromatic nitrogens is 4. The number of carbonyl (C=O) groups excluding carboxylic acids is 8. The molecule has 10 aromatic rings. The van der Waals surface area contributed by atoms with Crippen molar-refractivity contribution in [2.24, 2.45) is 11.8 Å². The highest BCUT2D eigenvalue weighted by Gasteiger charge is 2.30. The molecule has 620 valence electrons. The summed E-state index contributed by atoms with van der Waals surface area (Å²) in [6.07, 6.45) is 18.5. The van der Waals surface area contributed by atoms with E-state index >= 15 is 0 Å². The Balaban J connectivity index is 0.598. The minimum Gasteiger partial charge on any atom is -0.491 e. The number of benzene rings is 6. The van der Waals surface area contributed by atoms with Crippen LogP contribution in [0.15, 0.2) is 158 Å². The molecule has 0 aliphatic carbocycles. The average molecular weight is 1600 g/mol. The fourth-order valence-electron chi connectivity index (χ4n) is 14.3. The molecule has 0 radical (unpaired) electrons. The SMILES string of the molecule is CC(C)C[C@H](NC(=O)c1ccc(NC(=O)[C@H](Cc2c[nH]c3ccccc23)NC(=O)CCC(=O)NCCCCCCCCCCCCOCCNC(=O)CCC(=O)N[C@@H](Cc2c[nH]c3ccccc23)C(=O)Nc2ccc(C(=O)N[C@@H](CC(C)C)C(=O)O)cc2OCCc2c[nH]c3ccccc23)c(OCCc2c[nH]c3ccccc23)c1)C(=O)O. The van der Waals surface area contributed by atoms with Crippen LogP contribution in [-0.2, 0) is 68.8 Å². The van der Waals surface area contributed by atoms with Gasteiger partial charge in [0.25, 0.3) is 11.8 Å². The number of rotatable bonds is 50. The summed E-state index contributed by atoms with van der Waals surface area (Å²) in [7, 11) is 0. The quantitative estimate of drug-likeness (QED) is 0.0158. The van der Waals surface area contributed by atoms with Gasteiger partial charge in [-0.1, -0.05) is 152 Å². The maximum Gasteiger partial charge on any atom is 0.326 e. The van der Waals surface area contributed by atoms with Crippen molar-refractivity contribution in [3.8, 4) is 11.5 Å². The third-order valence-corrected chi connectivity index (χ3v) is 20.5. The molecule has 27 nitrogen and oxygen atoms in total. The molecule has 14 N–H and O–H groups in total. The van der Waals surface area contributed by atoms with Gasteiger partial charge in [0.2, 0.25) is 35.4 Å². The van der Waals surface area contributed by atoms with Crippen LogP contribution in [0.2, 0.25) is 0 Å². The summed E-state index contributed by atoms with van der Waals surface area (Å²) in [5.41, 5.74) is 7.85. The van der Waals surface area contributed by atoms with Crippen LogP contribution in [0.25, 0.3) is 43.6 Å². The topological polar surface area (TPSA) is 398 Å². The standard InChI is InChI=1S/C90H110N12O15/c1-57(2)47-77(89(111)112)101-85(107)59-31-33-73(79(51-59)116-44-39-61-53-93-69-27-17-13-23-65(61)69)99-87(109)75(49-63-55-95-71-29-19-15-25-67(63)71)97-83(105)37-35-81(103)91-41-21-11-9-7-5-6-8-10-12-22-43-115-46-42-92-82(104)36-38-84(106)98-76(50-64-56-96-72-30-20-16-26-68(64)72)88(110)100-74-34-32-60(86(108)102-78(90(113)114)48-58(3)4)52-80(74)117-45-40-62-54-94-70-28-18-14-24-66(62)70/h13-20,23-34,51-58,75-78,93-96H,5-12,21-22,35-50H2,1-4H3,(H,91,103)(H,92,104)(H,97,105)(H,98,106)(H,99,109)(H,100,110)(H,101,107)(H,102,108)(H,111,112)(H,113,114)/t75-,76-,77-,78-/m0/s1. The fourth-order valence-corrected chi connectivity index (χ4v) is 14.3. The normalized spacial score (nSPS) is 12.4. The van der Waals surface area contributed by atoms with Crippen molar-refractivity contribution in [3.63, 3.8) is 0 Å². The second kappa shape index (κ2) is 44.6. The molecule has 4 aromatic heterocycles. The van der Waals surface area contributed by atoms with Crippen LogP contribution in [0.1, 0.15) is 173 Å². The molecule has 117 heavy (non-hydrogen) atoms. The zero-order chi connectivity index (χ0) is 83.0. The summed E-state index contributed by atoms with van der Waals surface area (Å²) in [5.74, 6) is -6.04. The van der Waals surface area contributed by atoms with Gasteiger partial charge in [0, 0.05) is 151 Å². The average Bonchev–Trinajstić information content (AvgIpc) is 1.65. The number of carbonyl (C=O) groups is 10. The lowest BCUT2D eigenvalue weighted by Crippen LogP contribution is -2.45. The van der Waals surface area contributed by atoms with E-state index in [1.165, 1.54) is 36.4 Å². The van der Waals surface area contributed by atoms with E-state index in [4.69, 9.17) is 14.2 Å². The number of amides is 8. The molecular weight excluding hydrogens is 1490 g/mol. The smallest absolute Gasteiger partial charge is 0.326 e. The number of aliphatic carboxylic acids is 2. The lowest BCUT2D eigenvalue weighted by molar-refractivity contribution is -0.140. The number of carboxylic acids is 2. The van der Waals surface area contributed by atoms with Crippen molar-refractivity contribution in [1.29, 1.82) is 0 Å². The Kier molecular flexibility index (Phi) is 33.2. The molecular formula is C90H110N12O15. The van der Waals surface area contributed by atoms with E-state index in [1.54, 1.807) is 12.4 Å². The Morgan fingerprint density at radius 3 is 1.11 bits per heavy atom. The second-order valence-corrected chi connectivity index (χ2v) is 30.5. The minimum absolute atomic E-state index is 0.00322. The summed E-state index contributed by atoms with van der Waals surface area (Å²) >= 11 is 0. The monoisotopic (exact) mass is 1600 g/mol. The van der Waals surface area contributed by atoms with Crippen LogP contribution in [0.4, 0.5) is 11.4 Å². The highest BCUT2D eigenvalue weighted by Crippen LogP contribution is 2.32. The van der Waals surface area contributed by atoms with Crippen molar-refractivity contribution >= 4 is 114 Å². The van der Waals surface area contributed by atoms with Crippen LogP contribution in [0, 0.1) is 11.8 Å². The maximum atomic E-state index is 14.5. The molecule has 0 aliphatic rings. The largest absolute Gasteiger partial charge is 0.491 e. The van der Waals surface area contributed by atoms with Crippen molar-refractivity contribution in [1.82, 2.24) is 51.8 Å². The first-order valence-electron chi connectivity index (χ1n) is 40.8. The van der Waals surface area contributed by atoms with Crippen molar-refractivity contribution in [3.05, 3.63) is 192 Å². The molecule has 0 aliphatic heterocycles. The number of para-hydroxylation sites is 4. The zero-order valence-electron chi connectivity index (χ0n) is 67.1. The highest BCUT2D eigenvalue weighted by atomic mass is 16.5. The molecule has 0 bridgehead atoms. The number of carboxylic acid groups (broad SMARTS) is 2. The Morgan fingerprint density at radius 1 is 0.368 bits per heavy atom. The van der Waals surface area contributed by atoms with Gasteiger partial charge < -0.3 is 86.9 Å². The van der Waals surface area contributed by atoms with Crippen LogP contribution in [0.3, 0.4) is 0 Å². The molecule has 4 heterocycles. The van der Waals surface area contributed by atoms with Gasteiger partial charge in [-0.25, -0.2) is 9.59 Å². The van der Waals surface area contributed by atoms with E-state index in [1.807, 2.05) is 137 Å². The molecule has 0 saturated heterocycles. The van der Waals surface area contributed by atoms with Gasteiger partial charge in [0.1, 0.15) is 35.7 Å². The lowest BCUT2D eigenvalue weighted by atomic mass is 10.0. The molecule has 0 unspecified atom stereocenters. The summed E-state index contributed by atoms with van der Waals surface area (Å²) in [6, 6.07) is 35.3. The van der Waals surface area contributed by atoms with Gasteiger partial charge >= 0.3 is 11.9 Å². The van der Waals surface area contributed by atoms with E-state index < -0.39 is 71.5 Å². The number of unbranched alkanes of at least 4 members (excludes halogenated alkanes) is 9. The molecule has 27 heteroatoms. The van der Waals surface area contributed by atoms with E-state index in [2.05, 4.69) is 62.5 Å². The number of anilines is 2. The Bertz CT molecular complexity index is 4710. The molecule has 10 rings (SSSR count).